The molecule has 2 aliphatic heterocycles. The predicted octanol–water partition coefficient (Wildman–Crippen LogP) is 1.30. The summed E-state index contributed by atoms with van der Waals surface area (Å²) in [6.07, 6.45) is 1.27. The molecule has 2 atom stereocenters. The van der Waals surface area contributed by atoms with Crippen molar-refractivity contribution in [3.8, 4) is 5.75 Å². The third-order valence-corrected chi connectivity index (χ3v) is 4.48. The number of rotatable bonds is 2. The van der Waals surface area contributed by atoms with E-state index in [0.717, 1.165) is 17.7 Å². The number of methoxy groups -OCH3 is 1. The Bertz CT molecular complexity index is 586. The molecule has 0 unspecified atom stereocenters. The van der Waals surface area contributed by atoms with Crippen LogP contribution in [0.25, 0.3) is 0 Å². The highest BCUT2D eigenvalue weighted by molar-refractivity contribution is 6.08. The summed E-state index contributed by atoms with van der Waals surface area (Å²) in [5, 5.41) is 5.11. The molecule has 0 aromatic heterocycles. The number of ether oxygens (including phenoxy) is 2. The van der Waals surface area contributed by atoms with Crippen LogP contribution in [0.3, 0.4) is 0 Å². The van der Waals surface area contributed by atoms with E-state index in [9.17, 15) is 9.59 Å². The summed E-state index contributed by atoms with van der Waals surface area (Å²) < 4.78 is 11.1. The van der Waals surface area contributed by atoms with E-state index >= 15 is 0 Å². The molecule has 0 saturated carbocycles. The average molecular weight is 290 g/mol. The van der Waals surface area contributed by atoms with Crippen LogP contribution in [-0.2, 0) is 15.1 Å². The maximum Gasteiger partial charge on any atom is 0.322 e. The number of benzene rings is 1. The lowest BCUT2D eigenvalue weighted by Crippen LogP contribution is -2.64. The zero-order chi connectivity index (χ0) is 15.1. The van der Waals surface area contributed by atoms with E-state index in [1.54, 1.807) is 7.11 Å². The van der Waals surface area contributed by atoms with Crippen LogP contribution in [0, 0.1) is 0 Å². The minimum absolute atomic E-state index is 0.328. The van der Waals surface area contributed by atoms with Gasteiger partial charge >= 0.3 is 6.03 Å². The van der Waals surface area contributed by atoms with Gasteiger partial charge in [0.2, 0.25) is 0 Å². The van der Waals surface area contributed by atoms with Crippen molar-refractivity contribution in [2.24, 2.45) is 0 Å². The fourth-order valence-corrected chi connectivity index (χ4v) is 3.22. The lowest BCUT2D eigenvalue weighted by atomic mass is 9.71. The fraction of sp³-hybridized carbons (Fsp3) is 0.467. The largest absolute Gasteiger partial charge is 0.497 e. The molecule has 112 valence electrons. The maximum absolute atomic E-state index is 12.4. The topological polar surface area (TPSA) is 76.7 Å². The standard InChI is InChI=1S/C15H18N2O4/c1-14(10-4-6-11(20-2)7-5-10)15(8-3-9-21-14)12(18)16-13(19)17-15/h4-7H,3,8-9H2,1-2H3,(H2,16,17,18,19)/t14-,15-/m1/s1. The van der Waals surface area contributed by atoms with Crippen LogP contribution in [0.1, 0.15) is 25.3 Å². The molecule has 0 aliphatic carbocycles. The predicted molar refractivity (Wildman–Crippen MR) is 74.9 cm³/mol. The highest BCUT2D eigenvalue weighted by Crippen LogP contribution is 2.44. The molecule has 6 nitrogen and oxygen atoms in total. The Labute approximate surface area is 122 Å². The molecular formula is C15H18N2O4. The van der Waals surface area contributed by atoms with E-state index in [0.29, 0.717) is 13.0 Å². The second-order valence-electron chi connectivity index (χ2n) is 5.53. The van der Waals surface area contributed by atoms with E-state index in [2.05, 4.69) is 10.6 Å². The van der Waals surface area contributed by atoms with Gasteiger partial charge < -0.3 is 14.8 Å². The third-order valence-electron chi connectivity index (χ3n) is 4.48. The normalized spacial score (nSPS) is 31.9. The van der Waals surface area contributed by atoms with Crippen molar-refractivity contribution in [2.45, 2.75) is 30.9 Å². The van der Waals surface area contributed by atoms with Crippen LogP contribution in [0.4, 0.5) is 4.79 Å². The Morgan fingerprint density at radius 1 is 1.24 bits per heavy atom. The van der Waals surface area contributed by atoms with E-state index in [1.807, 2.05) is 31.2 Å². The molecule has 21 heavy (non-hydrogen) atoms. The summed E-state index contributed by atoms with van der Waals surface area (Å²) in [7, 11) is 1.60. The van der Waals surface area contributed by atoms with Crippen LogP contribution in [0.15, 0.2) is 24.3 Å². The van der Waals surface area contributed by atoms with Crippen LogP contribution in [-0.4, -0.2) is 31.2 Å². The van der Waals surface area contributed by atoms with Crippen LogP contribution in [0.5, 0.6) is 5.75 Å². The van der Waals surface area contributed by atoms with Gasteiger partial charge in [0.1, 0.15) is 11.4 Å². The first kappa shape index (κ1) is 13.9. The van der Waals surface area contributed by atoms with Crippen molar-refractivity contribution >= 4 is 11.9 Å². The van der Waals surface area contributed by atoms with E-state index in [1.165, 1.54) is 0 Å². The Kier molecular flexibility index (Phi) is 3.13. The number of carbonyl (C=O) groups is 2. The summed E-state index contributed by atoms with van der Waals surface area (Å²) in [5.41, 5.74) is -1.13. The molecule has 2 heterocycles. The maximum atomic E-state index is 12.4. The van der Waals surface area contributed by atoms with Gasteiger partial charge in [0.25, 0.3) is 5.91 Å². The first-order chi connectivity index (χ1) is 10.0. The number of nitrogens with one attached hydrogen (secondary N) is 2. The minimum atomic E-state index is -1.06. The van der Waals surface area contributed by atoms with Gasteiger partial charge in [0, 0.05) is 6.61 Å². The van der Waals surface area contributed by atoms with Crippen LogP contribution in [0.2, 0.25) is 0 Å². The zero-order valence-corrected chi connectivity index (χ0v) is 12.1. The van der Waals surface area contributed by atoms with Crippen molar-refractivity contribution in [3.05, 3.63) is 29.8 Å². The van der Waals surface area contributed by atoms with Gasteiger partial charge in [-0.1, -0.05) is 12.1 Å². The van der Waals surface area contributed by atoms with Gasteiger partial charge in [-0.15, -0.1) is 0 Å². The van der Waals surface area contributed by atoms with E-state index in [-0.39, 0.29) is 5.91 Å². The van der Waals surface area contributed by atoms with Gasteiger partial charge in [0.05, 0.1) is 7.11 Å². The lowest BCUT2D eigenvalue weighted by Gasteiger charge is -2.47. The van der Waals surface area contributed by atoms with Crippen molar-refractivity contribution < 1.29 is 19.1 Å². The molecule has 2 fully saturated rings. The van der Waals surface area contributed by atoms with Crippen LogP contribution >= 0.6 is 0 Å². The summed E-state index contributed by atoms with van der Waals surface area (Å²) >= 11 is 0. The monoisotopic (exact) mass is 290 g/mol. The van der Waals surface area contributed by atoms with Gasteiger partial charge in [-0.2, -0.15) is 0 Å². The summed E-state index contributed by atoms with van der Waals surface area (Å²) in [4.78, 5) is 24.0. The quantitative estimate of drug-likeness (QED) is 0.805. The molecule has 1 spiro atoms. The number of carbonyl (C=O) groups excluding carboxylic acids is 2. The van der Waals surface area contributed by atoms with E-state index < -0.39 is 17.2 Å². The zero-order valence-electron chi connectivity index (χ0n) is 12.1. The number of amides is 3. The minimum Gasteiger partial charge on any atom is -0.497 e. The van der Waals surface area contributed by atoms with Crippen molar-refractivity contribution in [1.82, 2.24) is 10.6 Å². The van der Waals surface area contributed by atoms with Crippen molar-refractivity contribution in [2.75, 3.05) is 13.7 Å². The fourth-order valence-electron chi connectivity index (χ4n) is 3.22. The first-order valence-electron chi connectivity index (χ1n) is 6.94. The van der Waals surface area contributed by atoms with Crippen molar-refractivity contribution in [3.63, 3.8) is 0 Å². The highest BCUT2D eigenvalue weighted by Gasteiger charge is 2.61. The Morgan fingerprint density at radius 2 is 1.95 bits per heavy atom. The van der Waals surface area contributed by atoms with E-state index in [4.69, 9.17) is 9.47 Å². The Hall–Kier alpha value is -2.08. The molecular weight excluding hydrogens is 272 g/mol. The molecule has 0 bridgehead atoms. The van der Waals surface area contributed by atoms with Gasteiger partial charge in [-0.3, -0.25) is 10.1 Å². The van der Waals surface area contributed by atoms with Gasteiger partial charge in [-0.05, 0) is 37.5 Å². The molecule has 2 saturated heterocycles. The smallest absolute Gasteiger partial charge is 0.322 e. The second kappa shape index (κ2) is 4.73. The Balaban J connectivity index is 2.06. The molecule has 3 amide bonds. The third kappa shape index (κ3) is 1.90. The van der Waals surface area contributed by atoms with Gasteiger partial charge in [-0.25, -0.2) is 4.79 Å². The second-order valence-corrected chi connectivity index (χ2v) is 5.53. The highest BCUT2D eigenvalue weighted by atomic mass is 16.5. The number of hydrogen-bond acceptors (Lipinski definition) is 4. The summed E-state index contributed by atoms with van der Waals surface area (Å²) in [6, 6.07) is 6.90. The Morgan fingerprint density at radius 3 is 2.52 bits per heavy atom. The lowest BCUT2D eigenvalue weighted by molar-refractivity contribution is -0.157. The molecule has 2 aliphatic rings. The molecule has 0 radical (unpaired) electrons. The van der Waals surface area contributed by atoms with Crippen LogP contribution < -0.4 is 15.4 Å². The first-order valence-corrected chi connectivity index (χ1v) is 6.94. The molecule has 2 N–H and O–H groups in total. The number of imide groups is 1. The summed E-state index contributed by atoms with van der Waals surface area (Å²) in [5.74, 6) is 0.401. The molecule has 1 aromatic rings. The molecule has 1 aromatic carbocycles. The molecule has 3 rings (SSSR count). The van der Waals surface area contributed by atoms with Crippen molar-refractivity contribution in [1.29, 1.82) is 0 Å². The summed E-state index contributed by atoms with van der Waals surface area (Å²) in [6.45, 7) is 2.40. The number of hydrogen-bond donors (Lipinski definition) is 2. The number of urea groups is 1. The average Bonchev–Trinajstić information content (AvgIpc) is 2.78. The molecule has 6 heteroatoms. The SMILES string of the molecule is COc1ccc([C@@]2(C)OCCC[C@]23NC(=O)NC3=O)cc1. The van der Waals surface area contributed by atoms with Gasteiger partial charge in [0.15, 0.2) is 5.54 Å².